The van der Waals surface area contributed by atoms with Crippen molar-refractivity contribution in [2.45, 2.75) is 39.5 Å². The zero-order valence-corrected chi connectivity index (χ0v) is 14.5. The number of hydrogen-bond acceptors (Lipinski definition) is 6. The number of carbonyl (C=O) groups excluding carboxylic acids is 1. The average molecular weight is 332 g/mol. The Labute approximate surface area is 141 Å². The average Bonchev–Trinajstić information content (AvgIpc) is 3.00. The van der Waals surface area contributed by atoms with Gasteiger partial charge in [0.1, 0.15) is 12.4 Å². The number of aryl methyl sites for hydroxylation is 1. The first-order valence-electron chi connectivity index (χ1n) is 8.44. The van der Waals surface area contributed by atoms with E-state index in [1.807, 2.05) is 19.9 Å². The number of anilines is 1. The van der Waals surface area contributed by atoms with Gasteiger partial charge in [0.2, 0.25) is 0 Å². The Morgan fingerprint density at radius 2 is 2.17 bits per heavy atom. The number of hydrogen-bond donors (Lipinski definition) is 1. The molecule has 1 fully saturated rings. The van der Waals surface area contributed by atoms with Crippen LogP contribution in [0.3, 0.4) is 0 Å². The van der Waals surface area contributed by atoms with Crippen LogP contribution in [0.1, 0.15) is 42.6 Å². The molecule has 2 aromatic heterocycles. The van der Waals surface area contributed by atoms with Crippen LogP contribution in [0.4, 0.5) is 5.82 Å². The molecular weight excluding hydrogens is 308 g/mol. The zero-order chi connectivity index (χ0) is 17.1. The molecule has 0 aromatic carbocycles. The Morgan fingerprint density at radius 3 is 2.88 bits per heavy atom. The summed E-state index contributed by atoms with van der Waals surface area (Å²) in [5, 5.41) is 7.91. The van der Waals surface area contributed by atoms with Crippen LogP contribution in [0.15, 0.2) is 6.07 Å². The van der Waals surface area contributed by atoms with Crippen molar-refractivity contribution in [3.05, 3.63) is 23.0 Å². The van der Waals surface area contributed by atoms with Gasteiger partial charge < -0.3 is 14.8 Å². The van der Waals surface area contributed by atoms with Crippen LogP contribution in [-0.2, 0) is 14.3 Å². The van der Waals surface area contributed by atoms with Gasteiger partial charge in [0, 0.05) is 36.5 Å². The monoisotopic (exact) mass is 332 g/mol. The smallest absolute Gasteiger partial charge is 0.325 e. The molecule has 0 unspecified atom stereocenters. The van der Waals surface area contributed by atoms with Crippen molar-refractivity contribution in [2.24, 2.45) is 0 Å². The van der Waals surface area contributed by atoms with E-state index in [0.717, 1.165) is 54.5 Å². The van der Waals surface area contributed by atoms with E-state index in [9.17, 15) is 4.79 Å². The summed E-state index contributed by atoms with van der Waals surface area (Å²) >= 11 is 0. The lowest BCUT2D eigenvalue weighted by Crippen LogP contribution is -2.20. The minimum atomic E-state index is -0.281. The fraction of sp³-hybridized carbons (Fsp3) is 0.588. The largest absolute Gasteiger partial charge is 0.465 e. The molecule has 0 radical (unpaired) electrons. The molecule has 0 bridgehead atoms. The molecule has 24 heavy (non-hydrogen) atoms. The van der Waals surface area contributed by atoms with Crippen LogP contribution in [0.5, 0.6) is 0 Å². The van der Waals surface area contributed by atoms with E-state index in [0.29, 0.717) is 12.5 Å². The number of ether oxygens (including phenoxy) is 2. The van der Waals surface area contributed by atoms with Crippen molar-refractivity contribution in [1.29, 1.82) is 0 Å². The first-order chi connectivity index (χ1) is 11.6. The zero-order valence-electron chi connectivity index (χ0n) is 14.5. The summed E-state index contributed by atoms with van der Waals surface area (Å²) in [6.45, 7) is 7.78. The molecule has 0 aliphatic carbocycles. The standard InChI is InChI=1S/C17H24N4O3/c1-4-24-16(22)10-18-17-11(2)12(3)19-15-9-14(20-21(15)17)13-5-7-23-8-6-13/h9,13,18H,4-8,10H2,1-3H3. The molecule has 7 nitrogen and oxygen atoms in total. The van der Waals surface area contributed by atoms with Gasteiger partial charge in [-0.15, -0.1) is 0 Å². The maximum atomic E-state index is 11.7. The second kappa shape index (κ2) is 7.17. The second-order valence-corrected chi connectivity index (χ2v) is 6.06. The van der Waals surface area contributed by atoms with E-state index in [1.165, 1.54) is 0 Å². The van der Waals surface area contributed by atoms with Crippen LogP contribution < -0.4 is 5.32 Å². The number of carbonyl (C=O) groups is 1. The third kappa shape index (κ3) is 3.36. The highest BCUT2D eigenvalue weighted by Crippen LogP contribution is 2.28. The topological polar surface area (TPSA) is 77.8 Å². The highest BCUT2D eigenvalue weighted by Gasteiger charge is 2.21. The van der Waals surface area contributed by atoms with Gasteiger partial charge in [-0.05, 0) is 33.6 Å². The van der Waals surface area contributed by atoms with E-state index in [2.05, 4.69) is 10.3 Å². The van der Waals surface area contributed by atoms with Gasteiger partial charge in [-0.25, -0.2) is 4.98 Å². The molecule has 0 spiro atoms. The Bertz CT molecular complexity index is 735. The van der Waals surface area contributed by atoms with Crippen molar-refractivity contribution in [3.63, 3.8) is 0 Å². The van der Waals surface area contributed by atoms with Gasteiger partial charge in [-0.1, -0.05) is 0 Å². The predicted octanol–water partition coefficient (Wildman–Crippen LogP) is 2.22. The Morgan fingerprint density at radius 1 is 1.42 bits per heavy atom. The van der Waals surface area contributed by atoms with E-state index in [4.69, 9.17) is 14.6 Å². The summed E-state index contributed by atoms with van der Waals surface area (Å²) in [4.78, 5) is 16.3. The summed E-state index contributed by atoms with van der Waals surface area (Å²) in [5.74, 6) is 0.916. The van der Waals surface area contributed by atoms with Crippen molar-refractivity contribution in [2.75, 3.05) is 31.7 Å². The van der Waals surface area contributed by atoms with Crippen molar-refractivity contribution in [3.8, 4) is 0 Å². The van der Waals surface area contributed by atoms with Gasteiger partial charge >= 0.3 is 5.97 Å². The molecule has 1 aliphatic heterocycles. The quantitative estimate of drug-likeness (QED) is 0.846. The van der Waals surface area contributed by atoms with Gasteiger partial charge in [0.25, 0.3) is 0 Å². The van der Waals surface area contributed by atoms with E-state index < -0.39 is 0 Å². The lowest BCUT2D eigenvalue weighted by atomic mass is 9.97. The molecule has 1 saturated heterocycles. The van der Waals surface area contributed by atoms with Crippen LogP contribution in [0.2, 0.25) is 0 Å². The molecule has 0 saturated carbocycles. The molecule has 0 amide bonds. The highest BCUT2D eigenvalue weighted by atomic mass is 16.5. The highest BCUT2D eigenvalue weighted by molar-refractivity contribution is 5.75. The molecule has 130 valence electrons. The molecule has 7 heteroatoms. The first kappa shape index (κ1) is 16.7. The normalized spacial score (nSPS) is 15.6. The van der Waals surface area contributed by atoms with Crippen molar-refractivity contribution < 1.29 is 14.3 Å². The summed E-state index contributed by atoms with van der Waals surface area (Å²) in [6, 6.07) is 2.04. The predicted molar refractivity (Wildman–Crippen MR) is 90.4 cm³/mol. The summed E-state index contributed by atoms with van der Waals surface area (Å²) < 4.78 is 12.2. The SMILES string of the molecule is CCOC(=O)CNc1c(C)c(C)nc2cc(C3CCOCC3)nn12. The Hall–Kier alpha value is -2.15. The molecule has 0 atom stereocenters. The Balaban J connectivity index is 1.92. The lowest BCUT2D eigenvalue weighted by molar-refractivity contribution is -0.140. The summed E-state index contributed by atoms with van der Waals surface area (Å²) in [6.07, 6.45) is 1.96. The fourth-order valence-corrected chi connectivity index (χ4v) is 2.99. The minimum Gasteiger partial charge on any atom is -0.465 e. The number of esters is 1. The van der Waals surface area contributed by atoms with Gasteiger partial charge in [0.05, 0.1) is 12.3 Å². The summed E-state index contributed by atoms with van der Waals surface area (Å²) in [7, 11) is 0. The van der Waals surface area contributed by atoms with Crippen molar-refractivity contribution in [1.82, 2.24) is 14.6 Å². The molecule has 1 aliphatic rings. The maximum absolute atomic E-state index is 11.7. The van der Waals surface area contributed by atoms with Crippen LogP contribution in [-0.4, -0.2) is 46.9 Å². The van der Waals surface area contributed by atoms with Gasteiger partial charge in [-0.2, -0.15) is 9.61 Å². The number of aromatic nitrogens is 3. The summed E-state index contributed by atoms with van der Waals surface area (Å²) in [5.41, 5.74) is 3.74. The van der Waals surface area contributed by atoms with Gasteiger partial charge in [-0.3, -0.25) is 4.79 Å². The van der Waals surface area contributed by atoms with Crippen molar-refractivity contribution >= 4 is 17.4 Å². The third-order valence-corrected chi connectivity index (χ3v) is 4.45. The number of fused-ring (bicyclic) bond motifs is 1. The molecule has 2 aromatic rings. The first-order valence-corrected chi connectivity index (χ1v) is 8.44. The maximum Gasteiger partial charge on any atom is 0.325 e. The third-order valence-electron chi connectivity index (χ3n) is 4.45. The molecule has 1 N–H and O–H groups in total. The fourth-order valence-electron chi connectivity index (χ4n) is 2.99. The number of nitrogens with one attached hydrogen (secondary N) is 1. The van der Waals surface area contributed by atoms with Gasteiger partial charge in [0.15, 0.2) is 5.65 Å². The molecular formula is C17H24N4O3. The minimum absolute atomic E-state index is 0.111. The molecule has 3 heterocycles. The number of nitrogens with zero attached hydrogens (tertiary/aromatic N) is 3. The second-order valence-electron chi connectivity index (χ2n) is 6.06. The van der Waals surface area contributed by atoms with E-state index in [-0.39, 0.29) is 12.5 Å². The van der Waals surface area contributed by atoms with Crippen LogP contribution in [0, 0.1) is 13.8 Å². The Kier molecular flexibility index (Phi) is 4.99. The number of rotatable bonds is 5. The van der Waals surface area contributed by atoms with Crippen LogP contribution >= 0.6 is 0 Å². The van der Waals surface area contributed by atoms with E-state index >= 15 is 0 Å². The lowest BCUT2D eigenvalue weighted by Gasteiger charge is -2.19. The molecule has 3 rings (SSSR count). The van der Waals surface area contributed by atoms with Crippen LogP contribution in [0.25, 0.3) is 5.65 Å². The van der Waals surface area contributed by atoms with E-state index in [1.54, 1.807) is 11.4 Å².